The van der Waals surface area contributed by atoms with Crippen LogP contribution in [0, 0.1) is 0 Å². The van der Waals surface area contributed by atoms with E-state index >= 15 is 0 Å². The van der Waals surface area contributed by atoms with Crippen LogP contribution in [0.1, 0.15) is 12.7 Å². The number of carbonyl (C=O) groups is 4. The van der Waals surface area contributed by atoms with Gasteiger partial charge < -0.3 is 35.0 Å². The van der Waals surface area contributed by atoms with Crippen molar-refractivity contribution in [1.82, 2.24) is 20.4 Å². The van der Waals surface area contributed by atoms with Gasteiger partial charge >= 0.3 is 12.0 Å². The quantitative estimate of drug-likeness (QED) is 0.0918. The van der Waals surface area contributed by atoms with Gasteiger partial charge in [-0.05, 0) is 18.4 Å². The molecule has 2 aliphatic heterocycles. The summed E-state index contributed by atoms with van der Waals surface area (Å²) in [4.78, 5) is 59.7. The number of anilines is 1. The maximum atomic E-state index is 13.1. The first kappa shape index (κ1) is 27.1. The highest BCUT2D eigenvalue weighted by atomic mass is 32.2. The molecule has 15 nitrogen and oxygen atoms in total. The molecule has 3 aromatic heterocycles. The predicted molar refractivity (Wildman–Crippen MR) is 137 cm³/mol. The third-order valence-electron chi connectivity index (χ3n) is 5.90. The number of thiophene rings is 1. The van der Waals surface area contributed by atoms with E-state index in [-0.39, 0.29) is 36.4 Å². The molecule has 5 rings (SSSR count). The molecular weight excluding hydrogens is 566 g/mol. The van der Waals surface area contributed by atoms with Gasteiger partial charge in [0, 0.05) is 23.5 Å². The summed E-state index contributed by atoms with van der Waals surface area (Å²) in [7, 11) is 0. The lowest BCUT2D eigenvalue weighted by atomic mass is 10.0. The van der Waals surface area contributed by atoms with Crippen LogP contribution in [-0.4, -0.2) is 74.9 Å². The van der Waals surface area contributed by atoms with Crippen LogP contribution in [0.4, 0.5) is 6.01 Å². The molecule has 1 unspecified atom stereocenters. The summed E-state index contributed by atoms with van der Waals surface area (Å²) in [6.07, 6.45) is 1.84. The summed E-state index contributed by atoms with van der Waals surface area (Å²) in [5.74, 6) is -3.88. The van der Waals surface area contributed by atoms with Crippen molar-refractivity contribution < 1.29 is 42.9 Å². The number of carbonyl (C=O) groups excluding carboxylic acids is 4. The zero-order valence-electron chi connectivity index (χ0n) is 20.8. The molecule has 40 heavy (non-hydrogen) atoms. The Balaban J connectivity index is 1.34. The van der Waals surface area contributed by atoms with Crippen molar-refractivity contribution in [3.8, 4) is 0 Å². The number of carboxylic acids is 1. The van der Waals surface area contributed by atoms with Gasteiger partial charge in [-0.1, -0.05) is 10.3 Å². The van der Waals surface area contributed by atoms with Gasteiger partial charge in [0.25, 0.3) is 11.8 Å². The molecule has 0 bridgehead atoms. The summed E-state index contributed by atoms with van der Waals surface area (Å²) in [6.45, 7) is 1.36. The molecule has 1 fully saturated rings. The lowest BCUT2D eigenvalue weighted by molar-refractivity contribution is -0.663. The van der Waals surface area contributed by atoms with Crippen LogP contribution in [-0.2, 0) is 35.3 Å². The van der Waals surface area contributed by atoms with Crippen LogP contribution in [0.15, 0.2) is 50.7 Å². The maximum Gasteiger partial charge on any atom is 0.347 e. The molecule has 0 spiro atoms. The normalized spacial score (nSPS) is 18.8. The molecule has 2 aliphatic rings. The third kappa shape index (κ3) is 5.20. The number of fused-ring (bicyclic) bond motifs is 2. The van der Waals surface area contributed by atoms with Gasteiger partial charge in [-0.25, -0.2) is 4.79 Å². The molecule has 208 valence electrons. The summed E-state index contributed by atoms with van der Waals surface area (Å²) in [5.41, 5.74) is 6.13. The van der Waals surface area contributed by atoms with E-state index in [4.69, 9.17) is 15.3 Å². The van der Waals surface area contributed by atoms with Crippen LogP contribution >= 0.6 is 23.1 Å². The first-order valence-corrected chi connectivity index (χ1v) is 13.7. The van der Waals surface area contributed by atoms with E-state index in [0.29, 0.717) is 5.57 Å². The Morgan fingerprint density at radius 3 is 2.92 bits per heavy atom. The van der Waals surface area contributed by atoms with Crippen LogP contribution in [0.5, 0.6) is 0 Å². The average Bonchev–Trinajstić information content (AvgIpc) is 3.59. The number of pyridine rings is 1. The zero-order valence-corrected chi connectivity index (χ0v) is 22.4. The number of amides is 2. The molecule has 5 heterocycles. The summed E-state index contributed by atoms with van der Waals surface area (Å²) in [6, 6.07) is 4.31. The number of aliphatic carboxylic acids is 1. The second-order valence-corrected chi connectivity index (χ2v) is 10.4. The number of aromatic nitrogens is 3. The summed E-state index contributed by atoms with van der Waals surface area (Å²) in [5, 5.41) is 23.0. The Morgan fingerprint density at radius 2 is 2.20 bits per heavy atom. The molecule has 2 atom stereocenters. The highest BCUT2D eigenvalue weighted by molar-refractivity contribution is 8.00. The van der Waals surface area contributed by atoms with Crippen molar-refractivity contribution in [2.45, 2.75) is 24.9 Å². The Hall–Kier alpha value is -4.51. The molecule has 0 aliphatic carbocycles. The highest BCUT2D eigenvalue weighted by Gasteiger charge is 2.53. The van der Waals surface area contributed by atoms with Gasteiger partial charge in [0.05, 0.1) is 23.0 Å². The van der Waals surface area contributed by atoms with Gasteiger partial charge in [0.15, 0.2) is 12.7 Å². The largest absolute Gasteiger partial charge is 0.543 e. The van der Waals surface area contributed by atoms with Gasteiger partial charge in [-0.2, -0.15) is 9.55 Å². The van der Waals surface area contributed by atoms with Crippen molar-refractivity contribution in [2.24, 2.45) is 5.16 Å². The fourth-order valence-electron chi connectivity index (χ4n) is 4.20. The number of nitrogens with zero attached hydrogens (tertiary/aromatic N) is 5. The van der Waals surface area contributed by atoms with Gasteiger partial charge in [-0.3, -0.25) is 14.5 Å². The lowest BCUT2D eigenvalue weighted by Gasteiger charge is -2.50. The van der Waals surface area contributed by atoms with E-state index in [1.807, 2.05) is 34.3 Å². The Bertz CT molecular complexity index is 1570. The molecule has 0 radical (unpaired) electrons. The standard InChI is InChI=1S/C23H21N7O8S2/c1-2-36-14(31)9-37-27-15(18-26-23(24)38-28-18)19(32)25-16-20(33)30-17(22(34)35)11(10-40-21(16)30)8-29-6-3-4-13-12(29)5-7-39-13/h3-7,16,21H,2,8-10H2,1H3,(H3-,24,25,26,28,32,34,35)/t16?,21-/m1/s1. The Kier molecular flexibility index (Phi) is 7.65. The minimum Gasteiger partial charge on any atom is -0.543 e. The van der Waals surface area contributed by atoms with Gasteiger partial charge in [0.1, 0.15) is 11.4 Å². The van der Waals surface area contributed by atoms with Gasteiger partial charge in [-0.15, -0.1) is 23.1 Å². The minimum atomic E-state index is -1.49. The fraction of sp³-hybridized carbons (Fsp3) is 0.304. The van der Waals surface area contributed by atoms with Crippen molar-refractivity contribution in [3.05, 3.63) is 46.9 Å². The number of ether oxygens (including phenoxy) is 1. The highest BCUT2D eigenvalue weighted by Crippen LogP contribution is 2.40. The number of nitrogens with one attached hydrogen (secondary N) is 1. The van der Waals surface area contributed by atoms with Crippen LogP contribution < -0.4 is 20.7 Å². The topological polar surface area (TPSA) is 206 Å². The number of thioether (sulfide) groups is 1. The van der Waals surface area contributed by atoms with Crippen molar-refractivity contribution in [1.29, 1.82) is 0 Å². The number of hydrogen-bond acceptors (Lipinski definition) is 14. The van der Waals surface area contributed by atoms with E-state index in [9.17, 15) is 24.3 Å². The monoisotopic (exact) mass is 587 g/mol. The fourth-order valence-corrected chi connectivity index (χ4v) is 6.35. The Morgan fingerprint density at radius 1 is 1.38 bits per heavy atom. The van der Waals surface area contributed by atoms with Gasteiger partial charge in [0.2, 0.25) is 23.7 Å². The van der Waals surface area contributed by atoms with E-state index in [0.717, 1.165) is 15.1 Å². The smallest absolute Gasteiger partial charge is 0.347 e. The zero-order chi connectivity index (χ0) is 28.4. The van der Waals surface area contributed by atoms with E-state index in [1.54, 1.807) is 18.3 Å². The lowest BCUT2D eigenvalue weighted by Crippen LogP contribution is -2.71. The Labute approximate surface area is 233 Å². The third-order valence-corrected chi connectivity index (χ3v) is 8.11. The predicted octanol–water partition coefficient (Wildman–Crippen LogP) is -1.46. The molecule has 1 saturated heterocycles. The van der Waals surface area contributed by atoms with E-state index < -0.39 is 47.5 Å². The average molecular weight is 588 g/mol. The van der Waals surface area contributed by atoms with Crippen LogP contribution in [0.2, 0.25) is 0 Å². The van der Waals surface area contributed by atoms with Crippen molar-refractivity contribution in [3.63, 3.8) is 0 Å². The molecular formula is C23H21N7O8S2. The SMILES string of the molecule is CCOC(=O)CON=C(C(=O)NC1C(=O)N2C(C(=O)[O-])=C(C[n+]3cccc4sccc43)CS[C@H]12)c1noc(N)n1. The number of oxime groups is 1. The first-order chi connectivity index (χ1) is 19.3. The van der Waals surface area contributed by atoms with Crippen molar-refractivity contribution >= 4 is 68.8 Å². The summed E-state index contributed by atoms with van der Waals surface area (Å²) < 4.78 is 12.4. The molecule has 17 heteroatoms. The molecule has 3 N–H and O–H groups in total. The van der Waals surface area contributed by atoms with E-state index in [2.05, 4.69) is 25.1 Å². The molecule has 3 aromatic rings. The molecule has 0 aromatic carbocycles. The number of nitrogen functional groups attached to an aromatic ring is 1. The second kappa shape index (κ2) is 11.3. The number of carboxylic acid groups (broad SMARTS) is 1. The number of esters is 1. The first-order valence-electron chi connectivity index (χ1n) is 11.8. The maximum absolute atomic E-state index is 13.1. The number of nitrogens with two attached hydrogens (primary N) is 1. The molecule has 2 amide bonds. The second-order valence-electron chi connectivity index (χ2n) is 8.38. The number of rotatable bonds is 10. The minimum absolute atomic E-state index is 0.117. The summed E-state index contributed by atoms with van der Waals surface area (Å²) >= 11 is 2.85. The molecule has 0 saturated carbocycles. The number of β-lactam (4-membered cyclic amide) rings is 1. The van der Waals surface area contributed by atoms with E-state index in [1.165, 1.54) is 11.8 Å². The van der Waals surface area contributed by atoms with Crippen LogP contribution in [0.3, 0.4) is 0 Å². The van der Waals surface area contributed by atoms with Crippen LogP contribution in [0.25, 0.3) is 10.2 Å². The number of hydrogen-bond donors (Lipinski definition) is 2. The van der Waals surface area contributed by atoms with Crippen molar-refractivity contribution in [2.75, 3.05) is 24.7 Å².